The van der Waals surface area contributed by atoms with Gasteiger partial charge < -0.3 is 19.1 Å². The van der Waals surface area contributed by atoms with Gasteiger partial charge in [0, 0.05) is 11.8 Å². The second-order valence-electron chi connectivity index (χ2n) is 6.41. The maximum atomic E-state index is 12.2. The predicted molar refractivity (Wildman–Crippen MR) is 88.6 cm³/mol. The zero-order chi connectivity index (χ0) is 17.2. The fourth-order valence-electron chi connectivity index (χ4n) is 3.38. The molecule has 1 N–H and O–H groups in total. The third kappa shape index (κ3) is 3.32. The lowest BCUT2D eigenvalue weighted by atomic mass is 10.00. The quantitative estimate of drug-likeness (QED) is 0.859. The molecular weight excluding hydrogens is 324 g/mol. The molecule has 1 aliphatic carbocycles. The van der Waals surface area contributed by atoms with Gasteiger partial charge in [-0.25, -0.2) is 4.79 Å². The number of cyclic esters (lactones) is 1. The number of carbonyl (C=O) groups excluding carboxylic acids is 1. The highest BCUT2D eigenvalue weighted by molar-refractivity contribution is 5.89. The molecule has 25 heavy (non-hydrogen) atoms. The Bertz CT molecular complexity index is 746. The van der Waals surface area contributed by atoms with Crippen LogP contribution in [0, 0.1) is 0 Å². The van der Waals surface area contributed by atoms with E-state index in [2.05, 4.69) is 5.16 Å². The van der Waals surface area contributed by atoms with E-state index in [0.717, 1.165) is 42.5 Å². The number of fused-ring (bicyclic) bond motifs is 1. The van der Waals surface area contributed by atoms with Crippen molar-refractivity contribution in [3.05, 3.63) is 41.7 Å². The van der Waals surface area contributed by atoms with Crippen LogP contribution in [0.25, 0.3) is 0 Å². The number of aliphatic hydroxyl groups excluding tert-OH is 1. The Morgan fingerprint density at radius 3 is 3.08 bits per heavy atom. The summed E-state index contributed by atoms with van der Waals surface area (Å²) in [5.74, 6) is 0.369. The first-order valence-corrected chi connectivity index (χ1v) is 8.53. The van der Waals surface area contributed by atoms with Crippen molar-refractivity contribution in [1.82, 2.24) is 5.16 Å². The second kappa shape index (κ2) is 6.76. The minimum absolute atomic E-state index is 0.221. The average molecular weight is 344 g/mol. The van der Waals surface area contributed by atoms with Crippen LogP contribution in [0.3, 0.4) is 0 Å². The number of aliphatic hydroxyl groups is 1. The molecule has 0 saturated carbocycles. The number of rotatable bonds is 4. The van der Waals surface area contributed by atoms with Gasteiger partial charge in [-0.1, -0.05) is 12.5 Å². The molecule has 1 aromatic carbocycles. The molecule has 1 amide bonds. The molecule has 2 heterocycles. The van der Waals surface area contributed by atoms with E-state index < -0.39 is 6.10 Å². The van der Waals surface area contributed by atoms with Gasteiger partial charge in [-0.3, -0.25) is 4.90 Å². The zero-order valence-electron chi connectivity index (χ0n) is 13.8. The van der Waals surface area contributed by atoms with Crippen molar-refractivity contribution in [1.29, 1.82) is 0 Å². The maximum absolute atomic E-state index is 12.2. The molecule has 1 saturated heterocycles. The molecule has 132 valence electrons. The largest absolute Gasteiger partial charge is 0.471 e. The summed E-state index contributed by atoms with van der Waals surface area (Å²) in [6.07, 6.45) is 4.02. The van der Waals surface area contributed by atoms with Crippen LogP contribution in [0.5, 0.6) is 5.88 Å². The number of ether oxygens (including phenoxy) is 2. The SMILES string of the molecule is O=C1OC(COc2ccon2)CN1c1ccc2c(c1)CCCCC2O. The average Bonchev–Trinajstić information content (AvgIpc) is 3.22. The van der Waals surface area contributed by atoms with Crippen molar-refractivity contribution in [2.75, 3.05) is 18.1 Å². The van der Waals surface area contributed by atoms with Crippen molar-refractivity contribution in [2.24, 2.45) is 0 Å². The fraction of sp³-hybridized carbons (Fsp3) is 0.444. The summed E-state index contributed by atoms with van der Waals surface area (Å²) in [7, 11) is 0. The molecule has 0 spiro atoms. The van der Waals surface area contributed by atoms with E-state index in [0.29, 0.717) is 12.4 Å². The van der Waals surface area contributed by atoms with Crippen LogP contribution in [-0.2, 0) is 11.2 Å². The number of benzene rings is 1. The molecule has 2 unspecified atom stereocenters. The van der Waals surface area contributed by atoms with Crippen molar-refractivity contribution >= 4 is 11.8 Å². The van der Waals surface area contributed by atoms with E-state index in [4.69, 9.17) is 14.0 Å². The lowest BCUT2D eigenvalue weighted by molar-refractivity contribution is 0.102. The van der Waals surface area contributed by atoms with Gasteiger partial charge in [0.1, 0.15) is 12.9 Å². The van der Waals surface area contributed by atoms with Gasteiger partial charge in [0.15, 0.2) is 6.10 Å². The van der Waals surface area contributed by atoms with E-state index >= 15 is 0 Å². The van der Waals surface area contributed by atoms with Gasteiger partial charge in [0.25, 0.3) is 5.88 Å². The molecule has 4 rings (SSSR count). The number of carbonyl (C=O) groups is 1. The van der Waals surface area contributed by atoms with Crippen LogP contribution in [0.2, 0.25) is 0 Å². The maximum Gasteiger partial charge on any atom is 0.414 e. The van der Waals surface area contributed by atoms with Gasteiger partial charge >= 0.3 is 6.09 Å². The molecule has 1 fully saturated rings. The molecule has 2 aliphatic rings. The van der Waals surface area contributed by atoms with E-state index in [-0.39, 0.29) is 18.8 Å². The number of aromatic nitrogens is 1. The minimum atomic E-state index is -0.416. The lowest BCUT2D eigenvalue weighted by Gasteiger charge is -2.17. The third-order valence-electron chi connectivity index (χ3n) is 4.68. The van der Waals surface area contributed by atoms with Crippen LogP contribution in [0.4, 0.5) is 10.5 Å². The molecule has 1 aromatic heterocycles. The van der Waals surface area contributed by atoms with Crippen molar-refractivity contribution in [2.45, 2.75) is 37.9 Å². The summed E-state index contributed by atoms with van der Waals surface area (Å²) >= 11 is 0. The number of anilines is 1. The Hall–Kier alpha value is -2.54. The normalized spacial score (nSPS) is 23.1. The Balaban J connectivity index is 1.46. The number of amides is 1. The number of aryl methyl sites for hydroxylation is 1. The zero-order valence-corrected chi connectivity index (χ0v) is 13.8. The van der Waals surface area contributed by atoms with Gasteiger partial charge in [-0.2, -0.15) is 0 Å². The Kier molecular flexibility index (Phi) is 4.31. The summed E-state index contributed by atoms with van der Waals surface area (Å²) in [6, 6.07) is 7.39. The molecular formula is C18H20N2O5. The smallest absolute Gasteiger partial charge is 0.414 e. The van der Waals surface area contributed by atoms with E-state index in [1.54, 1.807) is 11.0 Å². The highest BCUT2D eigenvalue weighted by Crippen LogP contribution is 2.32. The third-order valence-corrected chi connectivity index (χ3v) is 4.68. The molecule has 1 aliphatic heterocycles. The van der Waals surface area contributed by atoms with E-state index in [1.165, 1.54) is 6.26 Å². The van der Waals surface area contributed by atoms with Gasteiger partial charge in [-0.15, -0.1) is 0 Å². The minimum Gasteiger partial charge on any atom is -0.471 e. The van der Waals surface area contributed by atoms with Gasteiger partial charge in [0.05, 0.1) is 12.6 Å². The first kappa shape index (κ1) is 16.0. The van der Waals surface area contributed by atoms with E-state index in [9.17, 15) is 9.90 Å². The van der Waals surface area contributed by atoms with Crippen molar-refractivity contribution in [3.8, 4) is 5.88 Å². The molecule has 2 aromatic rings. The highest BCUT2D eigenvalue weighted by atomic mass is 16.6. The molecule has 7 nitrogen and oxygen atoms in total. The van der Waals surface area contributed by atoms with Crippen LogP contribution in [0.15, 0.2) is 35.1 Å². The lowest BCUT2D eigenvalue weighted by Crippen LogP contribution is -2.26. The summed E-state index contributed by atoms with van der Waals surface area (Å²) in [6.45, 7) is 0.635. The van der Waals surface area contributed by atoms with Gasteiger partial charge in [-0.05, 0) is 47.7 Å². The summed E-state index contributed by atoms with van der Waals surface area (Å²) in [5.41, 5.74) is 2.87. The molecule has 0 bridgehead atoms. The van der Waals surface area contributed by atoms with Gasteiger partial charge in [0.2, 0.25) is 0 Å². The van der Waals surface area contributed by atoms with Crippen LogP contribution >= 0.6 is 0 Å². The van der Waals surface area contributed by atoms with Crippen LogP contribution in [0.1, 0.15) is 36.5 Å². The second-order valence-corrected chi connectivity index (χ2v) is 6.41. The number of nitrogens with zero attached hydrogens (tertiary/aromatic N) is 2. The first-order chi connectivity index (χ1) is 12.2. The van der Waals surface area contributed by atoms with Crippen LogP contribution in [-0.4, -0.2) is 35.6 Å². The fourth-order valence-corrected chi connectivity index (χ4v) is 3.38. The topological polar surface area (TPSA) is 85.0 Å². The van der Waals surface area contributed by atoms with Crippen molar-refractivity contribution in [3.63, 3.8) is 0 Å². The predicted octanol–water partition coefficient (Wildman–Crippen LogP) is 2.84. The summed E-state index contributed by atoms with van der Waals surface area (Å²) < 4.78 is 15.5. The monoisotopic (exact) mass is 344 g/mol. The van der Waals surface area contributed by atoms with E-state index in [1.807, 2.05) is 18.2 Å². The summed E-state index contributed by atoms with van der Waals surface area (Å²) in [4.78, 5) is 13.8. The highest BCUT2D eigenvalue weighted by Gasteiger charge is 2.33. The Morgan fingerprint density at radius 1 is 1.32 bits per heavy atom. The number of hydrogen-bond donors (Lipinski definition) is 1. The molecule has 0 radical (unpaired) electrons. The Labute approximate surface area is 145 Å². The van der Waals surface area contributed by atoms with Crippen molar-refractivity contribution < 1.29 is 23.9 Å². The Morgan fingerprint density at radius 2 is 2.24 bits per heavy atom. The standard InChI is InChI=1S/C18H20N2O5/c21-16-4-2-1-3-12-9-13(5-6-15(12)16)20-10-14(25-18(20)22)11-23-17-7-8-24-19-17/h5-9,14,16,21H,1-4,10-11H2. The first-order valence-electron chi connectivity index (χ1n) is 8.53. The summed E-state index contributed by atoms with van der Waals surface area (Å²) in [5, 5.41) is 13.9. The van der Waals surface area contributed by atoms with Crippen LogP contribution < -0.4 is 9.64 Å². The molecule has 2 atom stereocenters. The number of hydrogen-bond acceptors (Lipinski definition) is 6. The molecule has 7 heteroatoms.